The minimum atomic E-state index is -1.10. The van der Waals surface area contributed by atoms with E-state index in [0.29, 0.717) is 79.3 Å². The van der Waals surface area contributed by atoms with Gasteiger partial charge in [0.25, 0.3) is 0 Å². The average molecular weight is 495 g/mol. The molecule has 2 rings (SSSR count). The lowest BCUT2D eigenvalue weighted by molar-refractivity contribution is -0.168. The Morgan fingerprint density at radius 2 is 0.912 bits per heavy atom. The van der Waals surface area contributed by atoms with Crippen LogP contribution in [0.4, 0.5) is 0 Å². The number of hydrogen-bond donors (Lipinski definition) is 0. The van der Waals surface area contributed by atoms with Gasteiger partial charge in [-0.25, -0.2) is 0 Å². The molecule has 12 heteroatoms. The quantitative estimate of drug-likeness (QED) is 0.352. The third-order valence-electron chi connectivity index (χ3n) is 4.79. The smallest absolute Gasteiger partial charge is 0.320 e. The van der Waals surface area contributed by atoms with E-state index >= 15 is 0 Å². The van der Waals surface area contributed by atoms with E-state index in [4.69, 9.17) is 47.4 Å². The molecule has 2 aliphatic heterocycles. The fraction of sp³-hybridized carbons (Fsp3) is 0.909. The largest absolute Gasteiger partial charge is 0.462 e. The molecule has 0 N–H and O–H groups in total. The van der Waals surface area contributed by atoms with Gasteiger partial charge in [-0.05, 0) is 6.92 Å². The van der Waals surface area contributed by atoms with Crippen LogP contribution in [0.5, 0.6) is 0 Å². The molecule has 2 atom stereocenters. The molecule has 12 nitrogen and oxygen atoms in total. The molecule has 0 saturated carbocycles. The highest BCUT2D eigenvalue weighted by molar-refractivity contribution is 5.94. The summed E-state index contributed by atoms with van der Waals surface area (Å²) in [5.41, 5.74) is 0. The number of hydrogen-bond acceptors (Lipinski definition) is 12. The lowest BCUT2D eigenvalue weighted by Crippen LogP contribution is -2.34. The Morgan fingerprint density at radius 3 is 1.29 bits per heavy atom. The molecule has 2 unspecified atom stereocenters. The van der Waals surface area contributed by atoms with Crippen molar-refractivity contribution < 1.29 is 57.0 Å². The van der Waals surface area contributed by atoms with Gasteiger partial charge in [0, 0.05) is 0 Å². The molecule has 2 aliphatic rings. The molecule has 2 heterocycles. The zero-order valence-corrected chi connectivity index (χ0v) is 19.9. The maximum Gasteiger partial charge on any atom is 0.320 e. The van der Waals surface area contributed by atoms with Gasteiger partial charge in [0.2, 0.25) is 0 Å². The van der Waals surface area contributed by atoms with Gasteiger partial charge in [-0.1, -0.05) is 0 Å². The van der Waals surface area contributed by atoms with Crippen LogP contribution in [0, 0.1) is 5.92 Å². The Kier molecular flexibility index (Phi) is 16.0. The van der Waals surface area contributed by atoms with E-state index < -0.39 is 30.1 Å². The summed E-state index contributed by atoms with van der Waals surface area (Å²) in [6.07, 6.45) is -0.966. The minimum Gasteiger partial charge on any atom is -0.462 e. The predicted octanol–water partition coefficient (Wildman–Crippen LogP) is -0.394. The van der Waals surface area contributed by atoms with Crippen molar-refractivity contribution in [3.63, 3.8) is 0 Å². The van der Waals surface area contributed by atoms with Gasteiger partial charge in [0.05, 0.1) is 92.5 Å². The fourth-order valence-corrected chi connectivity index (χ4v) is 2.84. The number of carbonyl (C=O) groups is 2. The third kappa shape index (κ3) is 13.5. The molecule has 198 valence electrons. The maximum absolute atomic E-state index is 12.4. The standard InChI is InChI=1S/C22H38O12/c1-18(21(23)33-16-19-14-29-8-6-25-2-4-27-10-12-31-19)22(24)34-17-20-15-30-9-7-26-3-5-28-11-13-32-20/h18-20H,2-17H2,1H3. The van der Waals surface area contributed by atoms with E-state index in [0.717, 1.165) is 0 Å². The van der Waals surface area contributed by atoms with E-state index in [1.807, 2.05) is 0 Å². The molecule has 0 aromatic heterocycles. The maximum atomic E-state index is 12.4. The zero-order chi connectivity index (χ0) is 24.3. The molecule has 0 radical (unpaired) electrons. The van der Waals surface area contributed by atoms with E-state index in [2.05, 4.69) is 0 Å². The van der Waals surface area contributed by atoms with Gasteiger partial charge < -0.3 is 47.4 Å². The summed E-state index contributed by atoms with van der Waals surface area (Å²) in [4.78, 5) is 24.7. The van der Waals surface area contributed by atoms with Crippen molar-refractivity contribution >= 4 is 11.9 Å². The lowest BCUT2D eigenvalue weighted by Gasteiger charge is -2.21. The summed E-state index contributed by atoms with van der Waals surface area (Å²) >= 11 is 0. The van der Waals surface area contributed by atoms with Crippen LogP contribution in [0.25, 0.3) is 0 Å². The summed E-state index contributed by atoms with van der Waals surface area (Å²) in [6, 6.07) is 0. The van der Waals surface area contributed by atoms with Gasteiger partial charge >= 0.3 is 11.9 Å². The molecule has 0 aliphatic carbocycles. The highest BCUT2D eigenvalue weighted by Crippen LogP contribution is 2.07. The van der Waals surface area contributed by atoms with Crippen LogP contribution in [0.3, 0.4) is 0 Å². The SMILES string of the molecule is CC(C(=O)OCC1COCCOCCOCCO1)C(=O)OCC1COCCOCCOCCO1. The van der Waals surface area contributed by atoms with E-state index in [1.54, 1.807) is 0 Å². The lowest BCUT2D eigenvalue weighted by atomic mass is 10.2. The van der Waals surface area contributed by atoms with Crippen molar-refractivity contribution in [3.05, 3.63) is 0 Å². The first-order valence-electron chi connectivity index (χ1n) is 11.7. The van der Waals surface area contributed by atoms with Gasteiger partial charge in [-0.15, -0.1) is 0 Å². The van der Waals surface area contributed by atoms with E-state index in [9.17, 15) is 9.59 Å². The summed E-state index contributed by atoms with van der Waals surface area (Å²) in [5.74, 6) is -2.52. The Bertz CT molecular complexity index is 476. The molecule has 0 amide bonds. The van der Waals surface area contributed by atoms with Crippen molar-refractivity contribution in [3.8, 4) is 0 Å². The Labute approximate surface area is 200 Å². The normalized spacial score (nSPS) is 25.9. The Hall–Kier alpha value is -1.38. The number of ether oxygens (including phenoxy) is 10. The molecule has 34 heavy (non-hydrogen) atoms. The zero-order valence-electron chi connectivity index (χ0n) is 19.9. The van der Waals surface area contributed by atoms with Crippen LogP contribution in [-0.2, 0) is 57.0 Å². The molecular formula is C22H38O12. The Balaban J connectivity index is 1.70. The summed E-state index contributed by atoms with van der Waals surface area (Å²) < 4.78 is 54.3. The molecule has 0 spiro atoms. The van der Waals surface area contributed by atoms with Crippen molar-refractivity contribution in [2.24, 2.45) is 5.92 Å². The second-order valence-electron chi connectivity index (χ2n) is 7.57. The first-order chi connectivity index (χ1) is 16.7. The average Bonchev–Trinajstić information content (AvgIpc) is 2.82. The molecule has 0 aromatic carbocycles. The highest BCUT2D eigenvalue weighted by atomic mass is 16.6. The second kappa shape index (κ2) is 18.9. The molecule has 2 saturated heterocycles. The molecule has 0 aromatic rings. The minimum absolute atomic E-state index is 0.0566. The van der Waals surface area contributed by atoms with Crippen molar-refractivity contribution in [1.82, 2.24) is 0 Å². The molecular weight excluding hydrogens is 456 g/mol. The van der Waals surface area contributed by atoms with Gasteiger partial charge in [-0.2, -0.15) is 0 Å². The van der Waals surface area contributed by atoms with Crippen LogP contribution in [0.2, 0.25) is 0 Å². The van der Waals surface area contributed by atoms with Crippen molar-refractivity contribution in [2.45, 2.75) is 19.1 Å². The number of carbonyl (C=O) groups excluding carboxylic acids is 2. The van der Waals surface area contributed by atoms with Crippen LogP contribution in [0.1, 0.15) is 6.92 Å². The predicted molar refractivity (Wildman–Crippen MR) is 115 cm³/mol. The first-order valence-corrected chi connectivity index (χ1v) is 11.7. The van der Waals surface area contributed by atoms with Gasteiger partial charge in [-0.3, -0.25) is 9.59 Å². The molecule has 2 fully saturated rings. The van der Waals surface area contributed by atoms with Crippen LogP contribution in [0.15, 0.2) is 0 Å². The monoisotopic (exact) mass is 494 g/mol. The fourth-order valence-electron chi connectivity index (χ4n) is 2.84. The van der Waals surface area contributed by atoms with E-state index in [1.165, 1.54) is 6.92 Å². The van der Waals surface area contributed by atoms with Crippen LogP contribution < -0.4 is 0 Å². The second-order valence-corrected chi connectivity index (χ2v) is 7.57. The summed E-state index contributed by atoms with van der Waals surface area (Å²) in [6.45, 7) is 6.81. The van der Waals surface area contributed by atoms with E-state index in [-0.39, 0.29) is 26.4 Å². The first kappa shape index (κ1) is 28.9. The van der Waals surface area contributed by atoms with Crippen molar-refractivity contribution in [1.29, 1.82) is 0 Å². The van der Waals surface area contributed by atoms with Gasteiger partial charge in [0.15, 0.2) is 5.92 Å². The van der Waals surface area contributed by atoms with Crippen LogP contribution in [-0.4, -0.2) is 130 Å². The van der Waals surface area contributed by atoms with Crippen molar-refractivity contribution in [2.75, 3.05) is 106 Å². The third-order valence-corrected chi connectivity index (χ3v) is 4.79. The van der Waals surface area contributed by atoms with Gasteiger partial charge in [0.1, 0.15) is 25.4 Å². The summed E-state index contributed by atoms with van der Waals surface area (Å²) in [7, 11) is 0. The highest BCUT2D eigenvalue weighted by Gasteiger charge is 2.27. The molecule has 0 bridgehead atoms. The number of esters is 2. The summed E-state index contributed by atoms with van der Waals surface area (Å²) in [5, 5.41) is 0. The van der Waals surface area contributed by atoms with Crippen LogP contribution >= 0.6 is 0 Å². The Morgan fingerprint density at radius 1 is 0.588 bits per heavy atom. The topological polar surface area (TPSA) is 126 Å². The number of rotatable bonds is 6.